The predicted octanol–water partition coefficient (Wildman–Crippen LogP) is 2.96. The van der Waals surface area contributed by atoms with Crippen molar-refractivity contribution in [1.82, 2.24) is 15.6 Å². The molecule has 168 valence electrons. The average molecular weight is 418 g/mol. The van der Waals surface area contributed by atoms with E-state index in [4.69, 9.17) is 9.47 Å². The van der Waals surface area contributed by atoms with Gasteiger partial charge in [-0.1, -0.05) is 12.8 Å². The molecule has 0 aromatic carbocycles. The highest BCUT2D eigenvalue weighted by Gasteiger charge is 2.25. The number of anilines is 1. The molecule has 1 aromatic heterocycles. The second-order valence-electron chi connectivity index (χ2n) is 8.33. The molecule has 2 aliphatic rings. The number of nitrogens with one attached hydrogen (secondary N) is 2. The van der Waals surface area contributed by atoms with Crippen molar-refractivity contribution >= 4 is 11.8 Å². The van der Waals surface area contributed by atoms with Gasteiger partial charge >= 0.3 is 0 Å². The summed E-state index contributed by atoms with van der Waals surface area (Å²) < 4.78 is 11.7. The molecule has 2 unspecified atom stereocenters. The fourth-order valence-electron chi connectivity index (χ4n) is 4.51. The van der Waals surface area contributed by atoms with Gasteiger partial charge in [0.1, 0.15) is 5.82 Å². The van der Waals surface area contributed by atoms with E-state index in [0.717, 1.165) is 57.0 Å². The second-order valence-corrected chi connectivity index (χ2v) is 8.33. The molecule has 0 bridgehead atoms. The van der Waals surface area contributed by atoms with Crippen molar-refractivity contribution in [3.8, 4) is 0 Å². The Morgan fingerprint density at radius 3 is 2.93 bits per heavy atom. The maximum Gasteiger partial charge on any atom is 0.191 e. The van der Waals surface area contributed by atoms with Crippen molar-refractivity contribution in [3.05, 3.63) is 23.9 Å². The van der Waals surface area contributed by atoms with Gasteiger partial charge in [0.2, 0.25) is 0 Å². The molecule has 30 heavy (non-hydrogen) atoms. The van der Waals surface area contributed by atoms with Gasteiger partial charge in [0.25, 0.3) is 0 Å². The molecule has 1 saturated carbocycles. The molecule has 2 fully saturated rings. The molecule has 2 atom stereocenters. The fourth-order valence-corrected chi connectivity index (χ4v) is 4.51. The first-order valence-electron chi connectivity index (χ1n) is 11.6. The van der Waals surface area contributed by atoms with Crippen LogP contribution in [0, 0.1) is 5.92 Å². The number of nitrogens with zero attached hydrogens (tertiary/aromatic N) is 3. The second kappa shape index (κ2) is 12.1. The minimum Gasteiger partial charge on any atom is -0.378 e. The van der Waals surface area contributed by atoms with Crippen LogP contribution in [0.3, 0.4) is 0 Å². The lowest BCUT2D eigenvalue weighted by atomic mass is 9.98. The molecule has 2 N–H and O–H groups in total. The van der Waals surface area contributed by atoms with Crippen molar-refractivity contribution in [1.29, 1.82) is 0 Å². The smallest absolute Gasteiger partial charge is 0.191 e. The van der Waals surface area contributed by atoms with Crippen LogP contribution in [0.25, 0.3) is 0 Å². The van der Waals surface area contributed by atoms with Crippen molar-refractivity contribution in [2.24, 2.45) is 10.9 Å². The highest BCUT2D eigenvalue weighted by molar-refractivity contribution is 5.79. The molecule has 3 rings (SSSR count). The van der Waals surface area contributed by atoms with Crippen LogP contribution in [0.15, 0.2) is 23.3 Å². The largest absolute Gasteiger partial charge is 0.378 e. The first-order chi connectivity index (χ1) is 14.7. The lowest BCUT2D eigenvalue weighted by Gasteiger charge is -2.32. The summed E-state index contributed by atoms with van der Waals surface area (Å²) in [5, 5.41) is 6.88. The first-order valence-corrected chi connectivity index (χ1v) is 11.6. The minimum atomic E-state index is 0.245. The van der Waals surface area contributed by atoms with E-state index in [2.05, 4.69) is 51.5 Å². The third-order valence-electron chi connectivity index (χ3n) is 6.09. The quantitative estimate of drug-likeness (QED) is 0.476. The van der Waals surface area contributed by atoms with Gasteiger partial charge in [-0.2, -0.15) is 0 Å². The lowest BCUT2D eigenvalue weighted by Crippen LogP contribution is -2.41. The lowest BCUT2D eigenvalue weighted by molar-refractivity contribution is 0.0169. The van der Waals surface area contributed by atoms with Crippen LogP contribution in [0.2, 0.25) is 0 Å². The van der Waals surface area contributed by atoms with Crippen molar-refractivity contribution in [2.45, 2.75) is 64.7 Å². The Balaban J connectivity index is 1.45. The van der Waals surface area contributed by atoms with E-state index in [0.29, 0.717) is 12.6 Å². The normalized spacial score (nSPS) is 21.6. The molecule has 0 radical (unpaired) electrons. The number of ether oxygens (including phenoxy) is 2. The van der Waals surface area contributed by atoms with Gasteiger partial charge < -0.3 is 25.0 Å². The Morgan fingerprint density at radius 1 is 1.37 bits per heavy atom. The zero-order valence-corrected chi connectivity index (χ0v) is 18.9. The Bertz CT molecular complexity index is 663. The van der Waals surface area contributed by atoms with Crippen LogP contribution in [-0.4, -0.2) is 63.0 Å². The van der Waals surface area contributed by atoms with Crippen LogP contribution < -0.4 is 15.5 Å². The molecule has 1 saturated heterocycles. The van der Waals surface area contributed by atoms with Gasteiger partial charge in [-0.05, 0) is 56.7 Å². The number of hydrogen-bond donors (Lipinski definition) is 2. The number of pyridine rings is 1. The zero-order valence-electron chi connectivity index (χ0n) is 18.9. The molecule has 7 heteroatoms. The van der Waals surface area contributed by atoms with E-state index in [-0.39, 0.29) is 6.10 Å². The number of morpholine rings is 1. The number of aromatic nitrogens is 1. The standard InChI is InChI=1S/C23H39N5O2/c1-4-29-21(20-7-5-6-8-20)10-12-26-23(24-3)27-16-19-9-11-25-22(15-19)28-13-14-30-18(2)17-28/h9,11,15,18,20-21H,4-8,10,12-14,16-17H2,1-3H3,(H2,24,26,27). The number of guanidine groups is 1. The summed E-state index contributed by atoms with van der Waals surface area (Å²) in [4.78, 5) is 11.2. The fraction of sp³-hybridized carbons (Fsp3) is 0.739. The topological polar surface area (TPSA) is 71.0 Å². The molecule has 1 aliphatic carbocycles. The Morgan fingerprint density at radius 2 is 2.20 bits per heavy atom. The van der Waals surface area contributed by atoms with Gasteiger partial charge in [0, 0.05) is 46.0 Å². The van der Waals surface area contributed by atoms with Crippen molar-refractivity contribution < 1.29 is 9.47 Å². The van der Waals surface area contributed by atoms with Gasteiger partial charge in [-0.3, -0.25) is 4.99 Å². The summed E-state index contributed by atoms with van der Waals surface area (Å²) in [6, 6.07) is 4.21. The van der Waals surface area contributed by atoms with Crippen LogP contribution in [-0.2, 0) is 16.0 Å². The van der Waals surface area contributed by atoms with Gasteiger partial charge in [0.05, 0.1) is 18.8 Å². The van der Waals surface area contributed by atoms with E-state index in [9.17, 15) is 0 Å². The molecule has 0 spiro atoms. The zero-order chi connectivity index (χ0) is 21.2. The average Bonchev–Trinajstić information content (AvgIpc) is 3.30. The number of aliphatic imine (C=N–C) groups is 1. The number of rotatable bonds is 9. The van der Waals surface area contributed by atoms with Gasteiger partial charge in [-0.25, -0.2) is 4.98 Å². The van der Waals surface area contributed by atoms with E-state index < -0.39 is 0 Å². The highest BCUT2D eigenvalue weighted by atomic mass is 16.5. The monoisotopic (exact) mass is 417 g/mol. The van der Waals surface area contributed by atoms with Gasteiger partial charge in [0.15, 0.2) is 5.96 Å². The van der Waals surface area contributed by atoms with Crippen molar-refractivity contribution in [2.75, 3.05) is 44.8 Å². The van der Waals surface area contributed by atoms with Crippen LogP contribution >= 0.6 is 0 Å². The van der Waals surface area contributed by atoms with Crippen LogP contribution in [0.4, 0.5) is 5.82 Å². The first kappa shape index (κ1) is 22.8. The Hall–Kier alpha value is -1.86. The third kappa shape index (κ3) is 6.84. The highest BCUT2D eigenvalue weighted by Crippen LogP contribution is 2.30. The summed E-state index contributed by atoms with van der Waals surface area (Å²) in [5.41, 5.74) is 1.19. The summed E-state index contributed by atoms with van der Waals surface area (Å²) in [6.07, 6.45) is 8.83. The summed E-state index contributed by atoms with van der Waals surface area (Å²) in [7, 11) is 1.82. The van der Waals surface area contributed by atoms with E-state index in [1.165, 1.54) is 31.2 Å². The minimum absolute atomic E-state index is 0.245. The maximum absolute atomic E-state index is 6.03. The summed E-state index contributed by atoms with van der Waals surface area (Å²) >= 11 is 0. The number of hydrogen-bond acceptors (Lipinski definition) is 5. The molecule has 0 amide bonds. The maximum atomic E-state index is 6.03. The molecule has 2 heterocycles. The summed E-state index contributed by atoms with van der Waals surface area (Å²) in [5.74, 6) is 2.57. The Labute approximate surface area is 181 Å². The SMILES string of the molecule is CCOC(CCNC(=NC)NCc1ccnc(N2CCOC(C)C2)c1)C1CCCC1. The molecular weight excluding hydrogens is 378 g/mol. The van der Waals surface area contributed by atoms with Gasteiger partial charge in [-0.15, -0.1) is 0 Å². The van der Waals surface area contributed by atoms with Crippen LogP contribution in [0.5, 0.6) is 0 Å². The van der Waals surface area contributed by atoms with Crippen LogP contribution in [0.1, 0.15) is 51.5 Å². The third-order valence-corrected chi connectivity index (χ3v) is 6.09. The molecule has 7 nitrogen and oxygen atoms in total. The molecular formula is C23H39N5O2. The summed E-state index contributed by atoms with van der Waals surface area (Å²) in [6.45, 7) is 9.10. The predicted molar refractivity (Wildman–Crippen MR) is 122 cm³/mol. The van der Waals surface area contributed by atoms with Crippen molar-refractivity contribution in [3.63, 3.8) is 0 Å². The van der Waals surface area contributed by atoms with E-state index in [1.54, 1.807) is 0 Å². The van der Waals surface area contributed by atoms with E-state index >= 15 is 0 Å². The van der Waals surface area contributed by atoms with E-state index in [1.807, 2.05) is 13.2 Å². The molecule has 1 aliphatic heterocycles. The molecule has 1 aromatic rings. The Kier molecular flexibility index (Phi) is 9.21.